The summed E-state index contributed by atoms with van der Waals surface area (Å²) in [4.78, 5) is 27.0. The zero-order valence-corrected chi connectivity index (χ0v) is 17.9. The fourth-order valence-corrected chi connectivity index (χ4v) is 4.75. The average Bonchev–Trinajstić information content (AvgIpc) is 3.50. The zero-order chi connectivity index (χ0) is 21.2. The third-order valence-corrected chi connectivity index (χ3v) is 6.43. The number of rotatable bonds is 5. The summed E-state index contributed by atoms with van der Waals surface area (Å²) in [6.07, 6.45) is 6.64. The molecule has 5 rings (SSSR count). The van der Waals surface area contributed by atoms with Gasteiger partial charge in [-0.15, -0.1) is 0 Å². The summed E-state index contributed by atoms with van der Waals surface area (Å²) in [7, 11) is 1.87. The third-order valence-electron chi connectivity index (χ3n) is 6.43. The predicted octanol–water partition coefficient (Wildman–Crippen LogP) is 3.23. The molecule has 1 saturated heterocycles. The number of piperidine rings is 1. The lowest BCUT2D eigenvalue weighted by molar-refractivity contribution is -0.135. The number of amides is 1. The summed E-state index contributed by atoms with van der Waals surface area (Å²) in [5.41, 5.74) is 4.52. The van der Waals surface area contributed by atoms with Crippen molar-refractivity contribution in [3.05, 3.63) is 59.5 Å². The molecule has 1 aromatic carbocycles. The summed E-state index contributed by atoms with van der Waals surface area (Å²) >= 11 is 0. The maximum Gasteiger partial charge on any atom is 0.225 e. The van der Waals surface area contributed by atoms with Gasteiger partial charge in [-0.05, 0) is 38.2 Å². The molecule has 31 heavy (non-hydrogen) atoms. The first-order chi connectivity index (χ1) is 15.2. The van der Waals surface area contributed by atoms with Crippen molar-refractivity contribution in [2.24, 2.45) is 5.92 Å². The van der Waals surface area contributed by atoms with E-state index in [1.54, 1.807) is 6.20 Å². The standard InChI is InChI=1S/C24H28N6O/c1-29(16-19-10-13-25-28-19)24(31)18-11-14-30(15-12-18)23-20-8-5-9-21(20)26-22(27-23)17-6-3-2-4-7-17/h2-4,6-7,10,13,18H,5,8-9,11-12,14-16H2,1H3,(H,25,28). The van der Waals surface area contributed by atoms with Gasteiger partial charge >= 0.3 is 0 Å². The molecule has 0 bridgehead atoms. The molecule has 0 saturated carbocycles. The van der Waals surface area contributed by atoms with Gasteiger partial charge in [-0.25, -0.2) is 9.97 Å². The summed E-state index contributed by atoms with van der Waals surface area (Å²) in [6, 6.07) is 12.1. The maximum atomic E-state index is 12.9. The van der Waals surface area contributed by atoms with Crippen LogP contribution in [0, 0.1) is 5.92 Å². The Morgan fingerprint density at radius 3 is 2.68 bits per heavy atom. The second-order valence-corrected chi connectivity index (χ2v) is 8.55. The Balaban J connectivity index is 1.30. The van der Waals surface area contributed by atoms with Crippen LogP contribution in [0.25, 0.3) is 11.4 Å². The van der Waals surface area contributed by atoms with Crippen LogP contribution in [-0.4, -0.2) is 51.1 Å². The Bertz CT molecular complexity index is 1040. The second kappa shape index (κ2) is 8.49. The number of H-pyrrole nitrogens is 1. The highest BCUT2D eigenvalue weighted by Crippen LogP contribution is 2.33. The van der Waals surface area contributed by atoms with Crippen molar-refractivity contribution in [1.29, 1.82) is 0 Å². The maximum absolute atomic E-state index is 12.9. The van der Waals surface area contributed by atoms with Crippen molar-refractivity contribution in [2.45, 2.75) is 38.6 Å². The van der Waals surface area contributed by atoms with Gasteiger partial charge in [0.15, 0.2) is 5.82 Å². The van der Waals surface area contributed by atoms with Gasteiger partial charge in [-0.2, -0.15) is 5.10 Å². The van der Waals surface area contributed by atoms with E-state index >= 15 is 0 Å². The molecule has 0 unspecified atom stereocenters. The van der Waals surface area contributed by atoms with Crippen LogP contribution in [0.4, 0.5) is 5.82 Å². The Morgan fingerprint density at radius 1 is 1.13 bits per heavy atom. The van der Waals surface area contributed by atoms with Crippen LogP contribution in [0.5, 0.6) is 0 Å². The van der Waals surface area contributed by atoms with Gasteiger partial charge in [-0.1, -0.05) is 30.3 Å². The van der Waals surface area contributed by atoms with E-state index < -0.39 is 0 Å². The summed E-state index contributed by atoms with van der Waals surface area (Å²) in [5, 5.41) is 6.90. The average molecular weight is 417 g/mol. The quantitative estimate of drug-likeness (QED) is 0.691. The van der Waals surface area contributed by atoms with Crippen LogP contribution in [0.2, 0.25) is 0 Å². The van der Waals surface area contributed by atoms with Gasteiger partial charge in [0.2, 0.25) is 5.91 Å². The number of aromatic amines is 1. The van der Waals surface area contributed by atoms with Crippen molar-refractivity contribution >= 4 is 11.7 Å². The number of anilines is 1. The lowest BCUT2D eigenvalue weighted by atomic mass is 9.95. The molecule has 2 aliphatic rings. The Hall–Kier alpha value is -3.22. The molecule has 1 fully saturated rings. The topological polar surface area (TPSA) is 78.0 Å². The van der Waals surface area contributed by atoms with Gasteiger partial charge in [-0.3, -0.25) is 9.89 Å². The smallest absolute Gasteiger partial charge is 0.225 e. The van der Waals surface area contributed by atoms with Crippen molar-refractivity contribution in [1.82, 2.24) is 25.1 Å². The molecule has 0 radical (unpaired) electrons. The van der Waals surface area contributed by atoms with Gasteiger partial charge in [0.25, 0.3) is 0 Å². The molecule has 1 aliphatic carbocycles. The van der Waals surface area contributed by atoms with E-state index in [4.69, 9.17) is 9.97 Å². The van der Waals surface area contributed by atoms with Crippen LogP contribution >= 0.6 is 0 Å². The molecule has 3 heterocycles. The second-order valence-electron chi connectivity index (χ2n) is 8.55. The number of benzene rings is 1. The molecule has 1 amide bonds. The van der Waals surface area contributed by atoms with E-state index in [9.17, 15) is 4.79 Å². The first kappa shape index (κ1) is 19.7. The van der Waals surface area contributed by atoms with Crippen molar-refractivity contribution in [3.63, 3.8) is 0 Å². The van der Waals surface area contributed by atoms with E-state index in [-0.39, 0.29) is 11.8 Å². The molecule has 7 nitrogen and oxygen atoms in total. The highest BCUT2D eigenvalue weighted by atomic mass is 16.2. The fourth-order valence-electron chi connectivity index (χ4n) is 4.75. The van der Waals surface area contributed by atoms with Crippen molar-refractivity contribution in [2.75, 3.05) is 25.0 Å². The third kappa shape index (κ3) is 4.04. The normalized spacial score (nSPS) is 16.4. The van der Waals surface area contributed by atoms with Gasteiger partial charge in [0.05, 0.1) is 12.2 Å². The molecule has 160 valence electrons. The lowest BCUT2D eigenvalue weighted by Gasteiger charge is -2.34. The van der Waals surface area contributed by atoms with E-state index in [2.05, 4.69) is 27.2 Å². The number of aryl methyl sites for hydroxylation is 1. The molecule has 0 atom stereocenters. The Morgan fingerprint density at radius 2 is 1.94 bits per heavy atom. The minimum Gasteiger partial charge on any atom is -0.356 e. The highest BCUT2D eigenvalue weighted by molar-refractivity contribution is 5.79. The van der Waals surface area contributed by atoms with Gasteiger partial charge < -0.3 is 9.80 Å². The molecule has 0 spiro atoms. The van der Waals surface area contributed by atoms with E-state index in [0.717, 1.165) is 68.1 Å². The van der Waals surface area contributed by atoms with Gasteiger partial charge in [0, 0.05) is 49.1 Å². The summed E-state index contributed by atoms with van der Waals surface area (Å²) in [6.45, 7) is 2.27. The number of hydrogen-bond acceptors (Lipinski definition) is 5. The molecular weight excluding hydrogens is 388 g/mol. The molecule has 7 heteroatoms. The Labute approximate surface area is 182 Å². The highest BCUT2D eigenvalue weighted by Gasteiger charge is 2.30. The molecule has 3 aromatic rings. The van der Waals surface area contributed by atoms with E-state index in [0.29, 0.717) is 6.54 Å². The first-order valence-electron chi connectivity index (χ1n) is 11.1. The van der Waals surface area contributed by atoms with Crippen LogP contribution in [-0.2, 0) is 24.2 Å². The molecule has 2 aromatic heterocycles. The minimum atomic E-state index is 0.0626. The van der Waals surface area contributed by atoms with Crippen LogP contribution in [0.15, 0.2) is 42.6 Å². The SMILES string of the molecule is CN(Cc1ccn[nH]1)C(=O)C1CCN(c2nc(-c3ccccc3)nc3c2CCC3)CC1. The van der Waals surface area contributed by atoms with E-state index in [1.165, 1.54) is 11.3 Å². The fraction of sp³-hybridized carbons (Fsp3) is 0.417. The molecular formula is C24H28N6O. The van der Waals surface area contributed by atoms with Crippen LogP contribution in [0.3, 0.4) is 0 Å². The minimum absolute atomic E-state index is 0.0626. The first-order valence-corrected chi connectivity index (χ1v) is 11.1. The number of nitrogens with zero attached hydrogens (tertiary/aromatic N) is 5. The monoisotopic (exact) mass is 416 g/mol. The number of carbonyl (C=O) groups is 1. The zero-order valence-electron chi connectivity index (χ0n) is 17.9. The number of fused-ring (bicyclic) bond motifs is 1. The summed E-state index contributed by atoms with van der Waals surface area (Å²) in [5.74, 6) is 2.17. The van der Waals surface area contributed by atoms with E-state index in [1.807, 2.05) is 36.2 Å². The number of nitrogens with one attached hydrogen (secondary N) is 1. The van der Waals surface area contributed by atoms with Crippen LogP contribution in [0.1, 0.15) is 36.2 Å². The lowest BCUT2D eigenvalue weighted by Crippen LogP contribution is -2.41. The largest absolute Gasteiger partial charge is 0.356 e. The molecule has 1 N–H and O–H groups in total. The summed E-state index contributed by atoms with van der Waals surface area (Å²) < 4.78 is 0. The number of carbonyl (C=O) groups excluding carboxylic acids is 1. The number of hydrogen-bond donors (Lipinski definition) is 1. The number of aromatic nitrogens is 4. The van der Waals surface area contributed by atoms with Crippen molar-refractivity contribution < 1.29 is 4.79 Å². The van der Waals surface area contributed by atoms with Crippen LogP contribution < -0.4 is 4.90 Å². The Kier molecular flexibility index (Phi) is 5.40. The molecule has 1 aliphatic heterocycles. The van der Waals surface area contributed by atoms with Gasteiger partial charge in [0.1, 0.15) is 5.82 Å². The van der Waals surface area contributed by atoms with Crippen molar-refractivity contribution in [3.8, 4) is 11.4 Å². The predicted molar refractivity (Wildman–Crippen MR) is 119 cm³/mol.